The minimum atomic E-state index is -0.764. The number of carbonyl (C=O) groups excluding carboxylic acids is 2. The summed E-state index contributed by atoms with van der Waals surface area (Å²) in [4.78, 5) is 26.1. The maximum atomic E-state index is 12.4. The Labute approximate surface area is 160 Å². The van der Waals surface area contributed by atoms with Gasteiger partial charge < -0.3 is 15.0 Å². The summed E-state index contributed by atoms with van der Waals surface area (Å²) in [6, 6.07) is 11.9. The van der Waals surface area contributed by atoms with Crippen LogP contribution in [0.25, 0.3) is 0 Å². The van der Waals surface area contributed by atoms with Gasteiger partial charge in [-0.05, 0) is 53.2 Å². The molecule has 0 aliphatic heterocycles. The molecule has 0 fully saturated rings. The Morgan fingerprint density at radius 1 is 1.20 bits per heavy atom. The van der Waals surface area contributed by atoms with Crippen LogP contribution in [0.1, 0.15) is 17.3 Å². The van der Waals surface area contributed by atoms with Gasteiger partial charge in [-0.3, -0.25) is 9.59 Å². The van der Waals surface area contributed by atoms with Crippen molar-refractivity contribution in [3.63, 3.8) is 0 Å². The molecule has 0 radical (unpaired) electrons. The molecule has 132 valence electrons. The number of para-hydroxylation sites is 1. The highest BCUT2D eigenvalue weighted by atomic mass is 79.9. The van der Waals surface area contributed by atoms with E-state index in [0.717, 1.165) is 0 Å². The fourth-order valence-electron chi connectivity index (χ4n) is 2.07. The highest BCUT2D eigenvalue weighted by molar-refractivity contribution is 9.10. The number of carbonyl (C=O) groups is 2. The summed E-state index contributed by atoms with van der Waals surface area (Å²) in [5, 5.41) is 3.31. The number of ether oxygens (including phenoxy) is 1. The summed E-state index contributed by atoms with van der Waals surface area (Å²) < 4.78 is 6.32. The fourth-order valence-corrected chi connectivity index (χ4v) is 2.84. The molecule has 1 atom stereocenters. The quantitative estimate of drug-likeness (QED) is 0.780. The topological polar surface area (TPSA) is 58.6 Å². The van der Waals surface area contributed by atoms with Gasteiger partial charge in [0.1, 0.15) is 5.75 Å². The second kappa shape index (κ2) is 8.36. The molecule has 0 saturated carbocycles. The third kappa shape index (κ3) is 4.96. The molecule has 0 unspecified atom stereocenters. The zero-order valence-corrected chi connectivity index (χ0v) is 16.4. The number of benzene rings is 2. The minimum absolute atomic E-state index is 0.190. The maximum absolute atomic E-state index is 12.4. The first-order chi connectivity index (χ1) is 11.8. The fraction of sp³-hybridized carbons (Fsp3) is 0.222. The van der Waals surface area contributed by atoms with Crippen LogP contribution < -0.4 is 10.1 Å². The van der Waals surface area contributed by atoms with Crippen LogP contribution in [-0.4, -0.2) is 36.9 Å². The van der Waals surface area contributed by atoms with E-state index >= 15 is 0 Å². The van der Waals surface area contributed by atoms with Crippen LogP contribution in [-0.2, 0) is 4.79 Å². The van der Waals surface area contributed by atoms with Crippen LogP contribution in [0.15, 0.2) is 46.9 Å². The molecule has 7 heteroatoms. The highest BCUT2D eigenvalue weighted by Gasteiger charge is 2.19. The second-order valence-corrected chi connectivity index (χ2v) is 6.86. The standard InChI is InChI=1S/C18H18BrClN2O3/c1-11(25-16-9-8-12(20)10-14(16)19)17(23)21-15-7-5-4-6-13(15)18(24)22(2)3/h4-11H,1-3H3,(H,21,23)/t11-/m0/s1. The number of nitrogens with one attached hydrogen (secondary N) is 1. The van der Waals surface area contributed by atoms with Gasteiger partial charge in [0.2, 0.25) is 0 Å². The van der Waals surface area contributed by atoms with Crippen LogP contribution in [0, 0.1) is 0 Å². The first kappa shape index (κ1) is 19.3. The van der Waals surface area contributed by atoms with Gasteiger partial charge in [0.25, 0.3) is 11.8 Å². The SMILES string of the molecule is C[C@H](Oc1ccc(Cl)cc1Br)C(=O)Nc1ccccc1C(=O)N(C)C. The molecule has 5 nitrogen and oxygen atoms in total. The van der Waals surface area contributed by atoms with E-state index in [2.05, 4.69) is 21.2 Å². The lowest BCUT2D eigenvalue weighted by Crippen LogP contribution is -2.31. The summed E-state index contributed by atoms with van der Waals surface area (Å²) in [7, 11) is 3.31. The highest BCUT2D eigenvalue weighted by Crippen LogP contribution is 2.29. The Bertz CT molecular complexity index is 796. The van der Waals surface area contributed by atoms with Crippen LogP contribution in [0.4, 0.5) is 5.69 Å². The van der Waals surface area contributed by atoms with Crippen molar-refractivity contribution in [3.05, 3.63) is 57.5 Å². The lowest BCUT2D eigenvalue weighted by Gasteiger charge is -2.18. The van der Waals surface area contributed by atoms with Crippen LogP contribution in [0.3, 0.4) is 0 Å². The molecule has 0 aromatic heterocycles. The van der Waals surface area contributed by atoms with Crippen LogP contribution in [0.2, 0.25) is 5.02 Å². The van der Waals surface area contributed by atoms with E-state index in [1.54, 1.807) is 63.5 Å². The summed E-state index contributed by atoms with van der Waals surface area (Å²) in [6.45, 7) is 1.63. The lowest BCUT2D eigenvalue weighted by atomic mass is 10.1. The molecule has 2 aromatic rings. The lowest BCUT2D eigenvalue weighted by molar-refractivity contribution is -0.122. The molecule has 0 saturated heterocycles. The van der Waals surface area contributed by atoms with Crippen molar-refractivity contribution >= 4 is 45.0 Å². The van der Waals surface area contributed by atoms with E-state index in [1.807, 2.05) is 0 Å². The summed E-state index contributed by atoms with van der Waals surface area (Å²) in [5.74, 6) is -0.0459. The predicted molar refractivity (Wildman–Crippen MR) is 102 cm³/mol. The molecule has 0 heterocycles. The first-order valence-corrected chi connectivity index (χ1v) is 8.70. The van der Waals surface area contributed by atoms with Crippen molar-refractivity contribution in [2.45, 2.75) is 13.0 Å². The second-order valence-electron chi connectivity index (χ2n) is 5.57. The Hall–Kier alpha value is -2.05. The molecule has 1 N–H and O–H groups in total. The molecule has 2 aromatic carbocycles. The number of amides is 2. The van der Waals surface area contributed by atoms with E-state index in [0.29, 0.717) is 26.5 Å². The van der Waals surface area contributed by atoms with Crippen molar-refractivity contribution < 1.29 is 14.3 Å². The van der Waals surface area contributed by atoms with Crippen LogP contribution >= 0.6 is 27.5 Å². The van der Waals surface area contributed by atoms with Gasteiger partial charge in [0, 0.05) is 19.1 Å². The molecule has 2 amide bonds. The number of rotatable bonds is 5. The van der Waals surface area contributed by atoms with E-state index in [4.69, 9.17) is 16.3 Å². The van der Waals surface area contributed by atoms with Gasteiger partial charge in [0.15, 0.2) is 6.10 Å². The monoisotopic (exact) mass is 424 g/mol. The molecular weight excluding hydrogens is 408 g/mol. The van der Waals surface area contributed by atoms with Gasteiger partial charge >= 0.3 is 0 Å². The largest absolute Gasteiger partial charge is 0.480 e. The number of hydrogen-bond acceptors (Lipinski definition) is 3. The van der Waals surface area contributed by atoms with Gasteiger partial charge in [-0.1, -0.05) is 23.7 Å². The number of halogens is 2. The van der Waals surface area contributed by atoms with Crippen molar-refractivity contribution in [1.29, 1.82) is 0 Å². The zero-order chi connectivity index (χ0) is 18.6. The normalized spacial score (nSPS) is 11.6. The summed E-state index contributed by atoms with van der Waals surface area (Å²) in [6.07, 6.45) is -0.764. The molecule has 0 aliphatic carbocycles. The third-order valence-electron chi connectivity index (χ3n) is 3.39. The Kier molecular flexibility index (Phi) is 6.45. The maximum Gasteiger partial charge on any atom is 0.265 e. The molecule has 0 aliphatic rings. The first-order valence-electron chi connectivity index (χ1n) is 7.53. The Morgan fingerprint density at radius 2 is 1.88 bits per heavy atom. The third-order valence-corrected chi connectivity index (χ3v) is 4.24. The van der Waals surface area contributed by atoms with Crippen molar-refractivity contribution in [3.8, 4) is 5.75 Å². The number of anilines is 1. The van der Waals surface area contributed by atoms with Gasteiger partial charge in [-0.15, -0.1) is 0 Å². The van der Waals surface area contributed by atoms with Crippen molar-refractivity contribution in [2.24, 2.45) is 0 Å². The van der Waals surface area contributed by atoms with Gasteiger partial charge in [0.05, 0.1) is 15.7 Å². The van der Waals surface area contributed by atoms with E-state index in [9.17, 15) is 9.59 Å². The average molecular weight is 426 g/mol. The van der Waals surface area contributed by atoms with Gasteiger partial charge in [-0.25, -0.2) is 0 Å². The van der Waals surface area contributed by atoms with Crippen LogP contribution in [0.5, 0.6) is 5.75 Å². The number of nitrogens with zero attached hydrogens (tertiary/aromatic N) is 1. The van der Waals surface area contributed by atoms with E-state index in [-0.39, 0.29) is 11.8 Å². The molecule has 2 rings (SSSR count). The zero-order valence-electron chi connectivity index (χ0n) is 14.0. The van der Waals surface area contributed by atoms with Crippen molar-refractivity contribution in [2.75, 3.05) is 19.4 Å². The Morgan fingerprint density at radius 3 is 2.52 bits per heavy atom. The van der Waals surface area contributed by atoms with Crippen molar-refractivity contribution in [1.82, 2.24) is 4.90 Å². The van der Waals surface area contributed by atoms with Gasteiger partial charge in [-0.2, -0.15) is 0 Å². The molecular formula is C18H18BrClN2O3. The van der Waals surface area contributed by atoms with E-state index in [1.165, 1.54) is 4.90 Å². The smallest absolute Gasteiger partial charge is 0.265 e. The predicted octanol–water partition coefficient (Wildman–Crippen LogP) is 4.21. The summed E-state index contributed by atoms with van der Waals surface area (Å²) in [5.41, 5.74) is 0.859. The minimum Gasteiger partial charge on any atom is -0.480 e. The Balaban J connectivity index is 2.13. The number of hydrogen-bond donors (Lipinski definition) is 1. The summed E-state index contributed by atoms with van der Waals surface area (Å²) >= 11 is 9.24. The molecule has 0 bridgehead atoms. The van der Waals surface area contributed by atoms with E-state index < -0.39 is 6.10 Å². The average Bonchev–Trinajstić information content (AvgIpc) is 2.57. The molecule has 25 heavy (non-hydrogen) atoms. The molecule has 0 spiro atoms.